The van der Waals surface area contributed by atoms with Gasteiger partial charge < -0.3 is 9.80 Å². The van der Waals surface area contributed by atoms with E-state index in [1.54, 1.807) is 15.9 Å². The Bertz CT molecular complexity index is 1190. The smallest absolute Gasteiger partial charge is 0.368 e. The molecule has 2 aliphatic rings. The maximum absolute atomic E-state index is 13.2. The third-order valence-electron chi connectivity index (χ3n) is 6.65. The number of benzene rings is 2. The van der Waals surface area contributed by atoms with Crippen LogP contribution in [0.4, 0.5) is 18.9 Å². The van der Waals surface area contributed by atoms with E-state index in [9.17, 15) is 26.4 Å². The lowest BCUT2D eigenvalue weighted by Gasteiger charge is -2.36. The summed E-state index contributed by atoms with van der Waals surface area (Å²) in [5, 5.41) is 0.154. The maximum Gasteiger partial charge on any atom is 0.416 e. The summed E-state index contributed by atoms with van der Waals surface area (Å²) in [5.41, 5.74) is -0.180. The van der Waals surface area contributed by atoms with E-state index in [0.29, 0.717) is 37.8 Å². The summed E-state index contributed by atoms with van der Waals surface area (Å²) in [6.45, 7) is 4.19. The average molecular weight is 530 g/mol. The van der Waals surface area contributed by atoms with E-state index in [-0.39, 0.29) is 28.6 Å². The first kappa shape index (κ1) is 25.8. The summed E-state index contributed by atoms with van der Waals surface area (Å²) in [6, 6.07) is 9.27. The number of piperidine rings is 1. The Labute approximate surface area is 208 Å². The van der Waals surface area contributed by atoms with Gasteiger partial charge in [0.15, 0.2) is 0 Å². The van der Waals surface area contributed by atoms with Crippen LogP contribution < -0.4 is 4.90 Å². The van der Waals surface area contributed by atoms with Gasteiger partial charge in [-0.2, -0.15) is 17.5 Å². The number of carbonyl (C=O) groups excluding carboxylic acids is 1. The highest BCUT2D eigenvalue weighted by atomic mass is 35.5. The van der Waals surface area contributed by atoms with Gasteiger partial charge in [0.2, 0.25) is 10.0 Å². The molecule has 0 N–H and O–H groups in total. The van der Waals surface area contributed by atoms with E-state index in [1.165, 1.54) is 28.6 Å². The molecule has 0 spiro atoms. The zero-order chi connectivity index (χ0) is 25.4. The molecule has 0 bridgehead atoms. The van der Waals surface area contributed by atoms with Gasteiger partial charge in [0.1, 0.15) is 0 Å². The van der Waals surface area contributed by atoms with Crippen LogP contribution in [-0.2, 0) is 16.2 Å². The van der Waals surface area contributed by atoms with Gasteiger partial charge in [-0.1, -0.05) is 24.6 Å². The molecule has 2 heterocycles. The summed E-state index contributed by atoms with van der Waals surface area (Å²) in [7, 11) is -3.75. The molecule has 0 unspecified atom stereocenters. The molecule has 4 rings (SSSR count). The highest BCUT2D eigenvalue weighted by molar-refractivity contribution is 7.89. The van der Waals surface area contributed by atoms with E-state index in [4.69, 9.17) is 11.6 Å². The van der Waals surface area contributed by atoms with E-state index < -0.39 is 27.7 Å². The zero-order valence-electron chi connectivity index (χ0n) is 19.3. The predicted molar refractivity (Wildman–Crippen MR) is 128 cm³/mol. The van der Waals surface area contributed by atoms with Gasteiger partial charge in [-0.3, -0.25) is 4.79 Å². The van der Waals surface area contributed by atoms with Crippen molar-refractivity contribution in [3.63, 3.8) is 0 Å². The van der Waals surface area contributed by atoms with E-state index in [0.717, 1.165) is 25.0 Å². The van der Waals surface area contributed by atoms with Gasteiger partial charge in [0.25, 0.3) is 5.91 Å². The van der Waals surface area contributed by atoms with Crippen molar-refractivity contribution in [2.75, 3.05) is 44.2 Å². The zero-order valence-corrected chi connectivity index (χ0v) is 20.8. The second-order valence-electron chi connectivity index (χ2n) is 9.06. The molecule has 35 heavy (non-hydrogen) atoms. The number of piperazine rings is 1. The lowest BCUT2D eigenvalue weighted by atomic mass is 10.0. The summed E-state index contributed by atoms with van der Waals surface area (Å²) in [4.78, 5) is 16.6. The number of anilines is 1. The number of hydrogen-bond acceptors (Lipinski definition) is 4. The molecule has 190 valence electrons. The van der Waals surface area contributed by atoms with Crippen LogP contribution in [0.1, 0.15) is 35.7 Å². The number of carbonyl (C=O) groups is 1. The normalized spacial score (nSPS) is 18.7. The topological polar surface area (TPSA) is 60.9 Å². The fourth-order valence-electron chi connectivity index (χ4n) is 4.42. The van der Waals surface area contributed by atoms with E-state index >= 15 is 0 Å². The number of rotatable bonds is 4. The highest BCUT2D eigenvalue weighted by Gasteiger charge is 2.32. The predicted octanol–water partition coefficient (Wildman–Crippen LogP) is 4.74. The molecule has 0 aromatic heterocycles. The van der Waals surface area contributed by atoms with Crippen molar-refractivity contribution in [1.29, 1.82) is 0 Å². The third-order valence-corrected chi connectivity index (χ3v) is 8.88. The molecule has 0 aliphatic carbocycles. The van der Waals surface area contributed by atoms with Crippen LogP contribution in [0.2, 0.25) is 5.02 Å². The quantitative estimate of drug-likeness (QED) is 0.574. The first-order chi connectivity index (χ1) is 16.5. The van der Waals surface area contributed by atoms with Gasteiger partial charge >= 0.3 is 6.18 Å². The van der Waals surface area contributed by atoms with Crippen molar-refractivity contribution >= 4 is 33.2 Å². The monoisotopic (exact) mass is 529 g/mol. The SMILES string of the molecule is CC1CCN(S(=O)(=O)c2ccc(Cl)c(C(=O)N3CCN(c4cccc(C(F)(F)F)c4)CC3)c2)CC1. The summed E-state index contributed by atoms with van der Waals surface area (Å²) >= 11 is 6.28. The minimum atomic E-state index is -4.43. The van der Waals surface area contributed by atoms with Crippen LogP contribution in [0.3, 0.4) is 0 Å². The van der Waals surface area contributed by atoms with E-state index in [2.05, 4.69) is 6.92 Å². The Balaban J connectivity index is 1.47. The molecule has 0 saturated carbocycles. The largest absolute Gasteiger partial charge is 0.416 e. The lowest BCUT2D eigenvalue weighted by molar-refractivity contribution is -0.137. The van der Waals surface area contributed by atoms with Gasteiger partial charge in [-0.05, 0) is 55.2 Å². The lowest BCUT2D eigenvalue weighted by Crippen LogP contribution is -2.49. The Kier molecular flexibility index (Phi) is 7.36. The van der Waals surface area contributed by atoms with Crippen LogP contribution in [0, 0.1) is 5.92 Å². The Hall–Kier alpha value is -2.30. The average Bonchev–Trinajstić information content (AvgIpc) is 2.84. The van der Waals surface area contributed by atoms with Crippen molar-refractivity contribution in [2.24, 2.45) is 5.92 Å². The number of alkyl halides is 3. The van der Waals surface area contributed by atoms with Crippen molar-refractivity contribution in [2.45, 2.75) is 30.8 Å². The Morgan fingerprint density at radius 2 is 1.63 bits per heavy atom. The first-order valence-corrected chi connectivity index (χ1v) is 13.3. The molecule has 11 heteroatoms. The molecular formula is C24H27ClF3N3O3S. The molecule has 2 aromatic rings. The molecule has 2 aromatic carbocycles. The maximum atomic E-state index is 13.2. The number of nitrogens with zero attached hydrogens (tertiary/aromatic N) is 3. The second kappa shape index (κ2) is 9.99. The fourth-order valence-corrected chi connectivity index (χ4v) is 6.11. The van der Waals surface area contributed by atoms with Crippen molar-refractivity contribution in [1.82, 2.24) is 9.21 Å². The molecule has 1 amide bonds. The summed E-state index contributed by atoms with van der Waals surface area (Å²) in [6.07, 6.45) is -2.86. The van der Waals surface area contributed by atoms with Crippen molar-refractivity contribution in [3.8, 4) is 0 Å². The molecular weight excluding hydrogens is 503 g/mol. The van der Waals surface area contributed by atoms with E-state index in [1.807, 2.05) is 0 Å². The van der Waals surface area contributed by atoms with Gasteiger partial charge in [0, 0.05) is 45.0 Å². The van der Waals surface area contributed by atoms with Crippen molar-refractivity contribution in [3.05, 3.63) is 58.6 Å². The Morgan fingerprint density at radius 1 is 0.971 bits per heavy atom. The first-order valence-electron chi connectivity index (χ1n) is 11.5. The number of halogens is 4. The van der Waals surface area contributed by atoms with Crippen LogP contribution in [0.15, 0.2) is 47.4 Å². The second-order valence-corrected chi connectivity index (χ2v) is 11.4. The van der Waals surface area contributed by atoms with Crippen molar-refractivity contribution < 1.29 is 26.4 Å². The standard InChI is InChI=1S/C24H27ClF3N3O3S/c1-17-7-9-31(10-8-17)35(33,34)20-5-6-22(25)21(16-20)23(32)30-13-11-29(12-14-30)19-4-2-3-18(15-19)24(26,27)28/h2-6,15-17H,7-14H2,1H3. The molecule has 2 saturated heterocycles. The Morgan fingerprint density at radius 3 is 2.26 bits per heavy atom. The molecule has 2 fully saturated rings. The number of sulfonamides is 1. The van der Waals surface area contributed by atoms with Gasteiger partial charge in [-0.15, -0.1) is 0 Å². The van der Waals surface area contributed by atoms with Gasteiger partial charge in [-0.25, -0.2) is 8.42 Å². The summed E-state index contributed by atoms with van der Waals surface area (Å²) in [5.74, 6) is 0.0708. The highest BCUT2D eigenvalue weighted by Crippen LogP contribution is 2.32. The van der Waals surface area contributed by atoms with Gasteiger partial charge in [0.05, 0.1) is 21.0 Å². The summed E-state index contributed by atoms with van der Waals surface area (Å²) < 4.78 is 66.8. The number of hydrogen-bond donors (Lipinski definition) is 0. The van der Waals surface area contributed by atoms with Crippen LogP contribution in [-0.4, -0.2) is 62.8 Å². The molecule has 2 aliphatic heterocycles. The van der Waals surface area contributed by atoms with Crippen LogP contribution >= 0.6 is 11.6 Å². The molecule has 0 radical (unpaired) electrons. The third kappa shape index (κ3) is 5.59. The van der Waals surface area contributed by atoms with Crippen LogP contribution in [0.5, 0.6) is 0 Å². The number of amides is 1. The minimum absolute atomic E-state index is 0.0300. The molecule has 0 atom stereocenters. The molecule has 6 nitrogen and oxygen atoms in total. The minimum Gasteiger partial charge on any atom is -0.368 e. The fraction of sp³-hybridized carbons (Fsp3) is 0.458. The van der Waals surface area contributed by atoms with Crippen LogP contribution in [0.25, 0.3) is 0 Å².